The van der Waals surface area contributed by atoms with E-state index >= 15 is 0 Å². The van der Waals surface area contributed by atoms with Crippen molar-refractivity contribution < 1.29 is 9.90 Å². The normalized spacial score (nSPS) is 14.2. The van der Waals surface area contributed by atoms with Crippen LogP contribution in [0.5, 0.6) is 0 Å². The van der Waals surface area contributed by atoms with E-state index in [1.165, 1.54) is 0 Å². The summed E-state index contributed by atoms with van der Waals surface area (Å²) >= 11 is 0. The maximum atomic E-state index is 10.3. The first kappa shape index (κ1) is 12.4. The number of rotatable bonds is 5. The Hall–Kier alpha value is -0.610. The molecule has 1 atom stereocenters. The van der Waals surface area contributed by atoms with E-state index in [0.29, 0.717) is 13.0 Å². The predicted octanol–water partition coefficient (Wildman–Crippen LogP) is -0.142. The maximum Gasteiger partial charge on any atom is 0.231 e. The Morgan fingerprint density at radius 2 is 2.08 bits per heavy atom. The Balaban J connectivity index is 3.52. The summed E-state index contributed by atoms with van der Waals surface area (Å²) in [7, 11) is 0. The van der Waals surface area contributed by atoms with E-state index < -0.39 is 12.0 Å². The number of nitrogens with two attached hydrogens (primary N) is 1. The molecule has 4 N–H and O–H groups in total. The monoisotopic (exact) mass is 188 g/mol. The average Bonchev–Trinajstić information content (AvgIpc) is 1.81. The van der Waals surface area contributed by atoms with Crippen LogP contribution in [0.25, 0.3) is 0 Å². The van der Waals surface area contributed by atoms with Gasteiger partial charge >= 0.3 is 0 Å². The molecule has 0 aromatic rings. The van der Waals surface area contributed by atoms with Crippen LogP contribution in [-0.2, 0) is 4.79 Å². The number of hydrogen-bond donors (Lipinski definition) is 3. The molecule has 78 valence electrons. The summed E-state index contributed by atoms with van der Waals surface area (Å²) in [6, 6.07) is 0. The summed E-state index contributed by atoms with van der Waals surface area (Å²) in [4.78, 5) is 10.3. The van der Waals surface area contributed by atoms with Crippen molar-refractivity contribution in [3.8, 4) is 0 Å². The molecule has 0 rings (SSSR count). The van der Waals surface area contributed by atoms with E-state index in [4.69, 9.17) is 5.73 Å². The van der Waals surface area contributed by atoms with Crippen molar-refractivity contribution in [2.75, 3.05) is 13.1 Å². The van der Waals surface area contributed by atoms with Gasteiger partial charge in [-0.2, -0.15) is 0 Å². The molecule has 1 unspecified atom stereocenters. The highest BCUT2D eigenvalue weighted by atomic mass is 16.3. The van der Waals surface area contributed by atoms with Crippen LogP contribution < -0.4 is 11.1 Å². The molecule has 4 heteroatoms. The van der Waals surface area contributed by atoms with E-state index in [9.17, 15) is 9.90 Å². The number of primary amides is 1. The first-order valence-corrected chi connectivity index (χ1v) is 4.48. The molecular formula is C9H20N2O2. The minimum Gasteiger partial charge on any atom is -0.392 e. The zero-order valence-corrected chi connectivity index (χ0v) is 8.63. The summed E-state index contributed by atoms with van der Waals surface area (Å²) in [6.45, 7) is 6.72. The zero-order chi connectivity index (χ0) is 10.5. The summed E-state index contributed by atoms with van der Waals surface area (Å²) in [6.07, 6.45) is 0.290. The van der Waals surface area contributed by atoms with Crippen molar-refractivity contribution in [2.45, 2.75) is 33.3 Å². The van der Waals surface area contributed by atoms with E-state index in [2.05, 4.69) is 26.1 Å². The van der Waals surface area contributed by atoms with Crippen molar-refractivity contribution in [1.82, 2.24) is 5.32 Å². The quantitative estimate of drug-likeness (QED) is 0.562. The standard InChI is InChI=1S/C9H20N2O2/c1-9(2,3)4-7(12)5-11-6-8(10)13/h7,11-12H,4-6H2,1-3H3,(H2,10,13). The van der Waals surface area contributed by atoms with Gasteiger partial charge in [0.2, 0.25) is 5.91 Å². The van der Waals surface area contributed by atoms with Gasteiger partial charge in [0.05, 0.1) is 12.6 Å². The molecule has 0 spiro atoms. The van der Waals surface area contributed by atoms with Gasteiger partial charge < -0.3 is 16.2 Å². The second-order valence-corrected chi connectivity index (χ2v) is 4.52. The van der Waals surface area contributed by atoms with E-state index in [0.717, 1.165) is 0 Å². The third kappa shape index (κ3) is 9.30. The molecule has 13 heavy (non-hydrogen) atoms. The minimum absolute atomic E-state index is 0.105. The van der Waals surface area contributed by atoms with Gasteiger partial charge in [-0.15, -0.1) is 0 Å². The number of aliphatic hydroxyl groups is 1. The Bertz CT molecular complexity index is 163. The summed E-state index contributed by atoms with van der Waals surface area (Å²) in [5.41, 5.74) is 5.03. The minimum atomic E-state index is -0.417. The lowest BCUT2D eigenvalue weighted by Gasteiger charge is -2.22. The molecule has 0 saturated heterocycles. The molecule has 4 nitrogen and oxygen atoms in total. The van der Waals surface area contributed by atoms with Gasteiger partial charge in [0, 0.05) is 6.54 Å². The molecule has 0 saturated carbocycles. The summed E-state index contributed by atoms with van der Waals surface area (Å²) in [5, 5.41) is 12.3. The number of carbonyl (C=O) groups excluding carboxylic acids is 1. The topological polar surface area (TPSA) is 75.3 Å². The molecule has 0 heterocycles. The Morgan fingerprint density at radius 3 is 2.46 bits per heavy atom. The predicted molar refractivity (Wildman–Crippen MR) is 52.1 cm³/mol. The van der Waals surface area contributed by atoms with Gasteiger partial charge in [-0.3, -0.25) is 4.79 Å². The third-order valence-electron chi connectivity index (χ3n) is 1.53. The molecule has 0 aliphatic heterocycles. The van der Waals surface area contributed by atoms with E-state index in [1.54, 1.807) is 0 Å². The van der Waals surface area contributed by atoms with Crippen LogP contribution in [0.2, 0.25) is 0 Å². The number of nitrogens with one attached hydrogen (secondary N) is 1. The van der Waals surface area contributed by atoms with Crippen LogP contribution in [0.4, 0.5) is 0 Å². The Morgan fingerprint density at radius 1 is 1.54 bits per heavy atom. The third-order valence-corrected chi connectivity index (χ3v) is 1.53. The first-order valence-electron chi connectivity index (χ1n) is 4.48. The van der Waals surface area contributed by atoms with Crippen molar-refractivity contribution >= 4 is 5.91 Å². The fraction of sp³-hybridized carbons (Fsp3) is 0.889. The lowest BCUT2D eigenvalue weighted by molar-refractivity contribution is -0.117. The van der Waals surface area contributed by atoms with Gasteiger partial charge in [-0.1, -0.05) is 20.8 Å². The van der Waals surface area contributed by atoms with Crippen LogP contribution in [0, 0.1) is 5.41 Å². The second-order valence-electron chi connectivity index (χ2n) is 4.52. The van der Waals surface area contributed by atoms with Crippen LogP contribution in [0.1, 0.15) is 27.2 Å². The summed E-state index contributed by atoms with van der Waals surface area (Å²) < 4.78 is 0. The molecule has 0 aromatic carbocycles. The van der Waals surface area contributed by atoms with E-state index in [-0.39, 0.29) is 12.0 Å². The average molecular weight is 188 g/mol. The molecule has 0 aliphatic rings. The van der Waals surface area contributed by atoms with Crippen LogP contribution >= 0.6 is 0 Å². The van der Waals surface area contributed by atoms with Gasteiger partial charge in [0.1, 0.15) is 0 Å². The van der Waals surface area contributed by atoms with Gasteiger partial charge in [0.15, 0.2) is 0 Å². The molecular weight excluding hydrogens is 168 g/mol. The lowest BCUT2D eigenvalue weighted by atomic mass is 9.89. The van der Waals surface area contributed by atoms with Crippen molar-refractivity contribution in [3.05, 3.63) is 0 Å². The molecule has 0 aliphatic carbocycles. The van der Waals surface area contributed by atoms with Gasteiger partial charge in [-0.05, 0) is 11.8 Å². The molecule has 1 amide bonds. The number of carbonyl (C=O) groups is 1. The van der Waals surface area contributed by atoms with Gasteiger partial charge in [0.25, 0.3) is 0 Å². The zero-order valence-electron chi connectivity index (χ0n) is 8.63. The second kappa shape index (κ2) is 5.19. The number of hydrogen-bond acceptors (Lipinski definition) is 3. The van der Waals surface area contributed by atoms with Crippen LogP contribution in [0.15, 0.2) is 0 Å². The first-order chi connectivity index (χ1) is 5.81. The van der Waals surface area contributed by atoms with Gasteiger partial charge in [-0.25, -0.2) is 0 Å². The molecule has 0 fully saturated rings. The Kier molecular flexibility index (Phi) is 4.95. The largest absolute Gasteiger partial charge is 0.392 e. The summed E-state index contributed by atoms with van der Waals surface area (Å²) in [5.74, 6) is -0.400. The molecule has 0 radical (unpaired) electrons. The number of amides is 1. The smallest absolute Gasteiger partial charge is 0.231 e. The molecule has 0 aromatic heterocycles. The number of aliphatic hydroxyl groups excluding tert-OH is 1. The highest BCUT2D eigenvalue weighted by molar-refractivity contribution is 5.75. The van der Waals surface area contributed by atoms with Crippen molar-refractivity contribution in [3.63, 3.8) is 0 Å². The Labute approximate surface area is 79.5 Å². The highest BCUT2D eigenvalue weighted by Gasteiger charge is 2.16. The fourth-order valence-corrected chi connectivity index (χ4v) is 1.14. The van der Waals surface area contributed by atoms with Crippen molar-refractivity contribution in [2.24, 2.45) is 11.1 Å². The van der Waals surface area contributed by atoms with E-state index in [1.807, 2.05) is 0 Å². The highest BCUT2D eigenvalue weighted by Crippen LogP contribution is 2.20. The molecule has 0 bridgehead atoms. The van der Waals surface area contributed by atoms with Crippen LogP contribution in [-0.4, -0.2) is 30.2 Å². The lowest BCUT2D eigenvalue weighted by Crippen LogP contribution is -2.35. The SMILES string of the molecule is CC(C)(C)CC(O)CNCC(N)=O. The van der Waals surface area contributed by atoms with Crippen LogP contribution in [0.3, 0.4) is 0 Å². The fourth-order valence-electron chi connectivity index (χ4n) is 1.14. The maximum absolute atomic E-state index is 10.3. The van der Waals surface area contributed by atoms with Crippen molar-refractivity contribution in [1.29, 1.82) is 0 Å².